The van der Waals surface area contributed by atoms with E-state index in [0.29, 0.717) is 38.5 Å². The molecule has 0 aromatic rings. The second-order valence-electron chi connectivity index (χ2n) is 29.3. The lowest BCUT2D eigenvalue weighted by atomic mass is 9.95. The van der Waals surface area contributed by atoms with Crippen LogP contribution in [0.3, 0.4) is 0 Å². The summed E-state index contributed by atoms with van der Waals surface area (Å²) in [5.41, 5.74) is 0. The number of aliphatic hydroxyl groups is 16. The number of hydrogen-bond acceptors (Lipinski definition) is 32. The van der Waals surface area contributed by atoms with Crippen LogP contribution in [-0.4, -0.2) is 339 Å². The Morgan fingerprint density at radius 1 is 0.390 bits per heavy atom. The standard InChI is InChI=1S/C87H114N2O34/c1-3-5-7-9-11-13-15-17-18-19-20-21-22-23-24-25-27-29-31-35-39-47-62(95)89-56(63(96)57(93)45-38-34-30-28-26-16-14-12-10-8-6-4-2)53-115-84-70(103)65(98)64(97)60(118-84)54-113-49-42-36-32-33-37-43-55(92)44-40-41-46-61(94)88-48-50-114-83-72(105)68(101)76(58(51-90)116-83)120-87-75(108)78(74(107)80(123-87)82(111)112)121-85-73(106)69(102)77(59(52-91)117-85)119-86-71(104)66(99)67(100)79(122-86)81(109)110/h56-60,63-80,83-87,90-91,93,96-108H,4,6,8,10,12,14,16,26,28,30,32-34,36-38,40-46,48-54H2,1-2H3,(H,88,94)(H,89,95)(H,109,110)(H,111,112)/t56-,57+,58?,59?,60?,63-,64?,65?,66?,67?,68?,69?,70?,71?,72?,73?,74?,75?,76?,77?,78?,79?,80?,83?,84?,85?,86?,87?/m0/s1. The third-order valence-electron chi connectivity index (χ3n) is 20.0. The summed E-state index contributed by atoms with van der Waals surface area (Å²) in [5.74, 6) is 49.4. The highest BCUT2D eigenvalue weighted by Crippen LogP contribution is 2.36. The van der Waals surface area contributed by atoms with Crippen molar-refractivity contribution in [2.45, 2.75) is 333 Å². The lowest BCUT2D eigenvalue weighted by Crippen LogP contribution is -2.68. The number of carboxylic acids is 2. The molecule has 5 heterocycles. The quantitative estimate of drug-likeness (QED) is 0.0201. The molecule has 5 aliphatic heterocycles. The lowest BCUT2D eigenvalue weighted by molar-refractivity contribution is -0.385. The Kier molecular flexibility index (Phi) is 50.9. The maximum Gasteiger partial charge on any atom is 0.335 e. The monoisotopic (exact) mass is 1730 g/mol. The Bertz CT molecular complexity index is 4030. The van der Waals surface area contributed by atoms with Gasteiger partial charge in [0.2, 0.25) is 5.91 Å². The molecule has 5 aliphatic rings. The van der Waals surface area contributed by atoms with Gasteiger partial charge in [0, 0.05) is 62.0 Å². The predicted octanol–water partition coefficient (Wildman–Crippen LogP) is -4.76. The zero-order chi connectivity index (χ0) is 90.0. The number of unbranched alkanes of at least 4 members (excludes halogenated alkanes) is 16. The van der Waals surface area contributed by atoms with Gasteiger partial charge in [-0.25, -0.2) is 9.59 Å². The third kappa shape index (κ3) is 37.0. The van der Waals surface area contributed by atoms with E-state index < -0.39 is 215 Å². The highest BCUT2D eigenvalue weighted by atomic mass is 16.8. The second-order valence-corrected chi connectivity index (χ2v) is 29.3. The predicted molar refractivity (Wildman–Crippen MR) is 427 cm³/mol. The van der Waals surface area contributed by atoms with E-state index in [1.54, 1.807) is 6.92 Å². The van der Waals surface area contributed by atoms with Gasteiger partial charge in [-0.2, -0.15) is 0 Å². The van der Waals surface area contributed by atoms with Crippen LogP contribution in [0.2, 0.25) is 0 Å². The van der Waals surface area contributed by atoms with Gasteiger partial charge in [0.15, 0.2) is 43.7 Å². The SMILES string of the molecule is CC#CC#CC#CC#CC#CC#CC#CC#CC#CC#CC#CC(=O)N[C@@H](COC1OC(COCCCCCCCC(=O)CCCCC(=O)NCCOC2OC(CO)C(OC3OC(C(=O)O)C(O)C(OC4OC(CO)C(OC5OC(C(=O)O)C(O)C(O)C5O)C(O)C4O)C3O)C(O)C2O)C(O)C(O)C1O)[C@H](O)[C@H](O)CCCCCCCCCCCCCC. The van der Waals surface area contributed by atoms with Crippen molar-refractivity contribution in [3.63, 3.8) is 0 Å². The molecule has 123 heavy (non-hydrogen) atoms. The van der Waals surface area contributed by atoms with Crippen LogP contribution in [0.1, 0.15) is 162 Å². The van der Waals surface area contributed by atoms with Crippen molar-refractivity contribution in [1.29, 1.82) is 0 Å². The van der Waals surface area contributed by atoms with E-state index in [9.17, 15) is 116 Å². The molecule has 0 spiro atoms. The zero-order valence-corrected chi connectivity index (χ0v) is 68.5. The van der Waals surface area contributed by atoms with Crippen molar-refractivity contribution in [3.05, 3.63) is 0 Å². The molecule has 0 aromatic carbocycles. The van der Waals surface area contributed by atoms with Crippen LogP contribution in [0.25, 0.3) is 0 Å². The fourth-order valence-corrected chi connectivity index (χ4v) is 13.2. The van der Waals surface area contributed by atoms with Crippen molar-refractivity contribution >= 4 is 29.5 Å². The van der Waals surface area contributed by atoms with E-state index in [1.165, 1.54) is 44.9 Å². The van der Waals surface area contributed by atoms with Crippen LogP contribution >= 0.6 is 0 Å². The Morgan fingerprint density at radius 2 is 0.789 bits per heavy atom. The first kappa shape index (κ1) is 105. The summed E-state index contributed by atoms with van der Waals surface area (Å²) in [7, 11) is 0. The first-order valence-electron chi connectivity index (χ1n) is 41.0. The highest BCUT2D eigenvalue weighted by Gasteiger charge is 2.57. The van der Waals surface area contributed by atoms with E-state index in [1.807, 2.05) is 0 Å². The van der Waals surface area contributed by atoms with E-state index in [4.69, 9.17) is 52.1 Å². The molecule has 2 amide bonds. The van der Waals surface area contributed by atoms with Crippen LogP contribution in [0.5, 0.6) is 0 Å². The van der Waals surface area contributed by atoms with Gasteiger partial charge in [0.1, 0.15) is 122 Å². The first-order valence-corrected chi connectivity index (χ1v) is 41.0. The molecule has 25 unspecified atom stereocenters. The van der Waals surface area contributed by atoms with Crippen molar-refractivity contribution < 1.29 is 168 Å². The molecule has 5 saturated heterocycles. The molecular formula is C87H114N2O34. The van der Waals surface area contributed by atoms with Gasteiger partial charge in [0.25, 0.3) is 5.91 Å². The average molecular weight is 1730 g/mol. The van der Waals surface area contributed by atoms with Crippen molar-refractivity contribution in [2.75, 3.05) is 46.2 Å². The Morgan fingerprint density at radius 3 is 1.31 bits per heavy atom. The number of nitrogens with one attached hydrogen (secondary N) is 2. The Balaban J connectivity index is 0.982. The molecule has 36 nitrogen and oxygen atoms in total. The number of amides is 2. The first-order chi connectivity index (χ1) is 59.2. The van der Waals surface area contributed by atoms with Gasteiger partial charge in [-0.1, -0.05) is 109 Å². The summed E-state index contributed by atoms with van der Waals surface area (Å²) in [5, 5.41) is 198. The van der Waals surface area contributed by atoms with Crippen LogP contribution in [-0.2, 0) is 76.1 Å². The van der Waals surface area contributed by atoms with E-state index in [2.05, 4.69) is 148 Å². The van der Waals surface area contributed by atoms with Crippen LogP contribution in [0.4, 0.5) is 0 Å². The summed E-state index contributed by atoms with van der Waals surface area (Å²) in [4.78, 5) is 62.4. The number of ether oxygens (including phenoxy) is 11. The number of aliphatic hydroxyl groups excluding tert-OH is 16. The number of rotatable bonds is 48. The molecule has 0 radical (unpaired) electrons. The molecule has 0 aliphatic carbocycles. The molecule has 0 saturated carbocycles. The molecular weight excluding hydrogens is 1620 g/mol. The number of carboxylic acid groups (broad SMARTS) is 2. The maximum atomic E-state index is 13.1. The van der Waals surface area contributed by atoms with E-state index in [-0.39, 0.29) is 51.4 Å². The van der Waals surface area contributed by atoms with E-state index >= 15 is 0 Å². The summed E-state index contributed by atoms with van der Waals surface area (Å²) in [6, 6.07) is -1.31. The van der Waals surface area contributed by atoms with E-state index in [0.717, 1.165) is 44.9 Å². The normalized spacial score (nSPS) is 29.9. The number of aliphatic carboxylic acids is 2. The van der Waals surface area contributed by atoms with Crippen molar-refractivity contribution in [1.82, 2.24) is 10.6 Å². The largest absolute Gasteiger partial charge is 0.479 e. The average Bonchev–Trinajstić information content (AvgIpc) is 0.773. The van der Waals surface area contributed by atoms with Gasteiger partial charge in [-0.15, -0.1) is 0 Å². The summed E-state index contributed by atoms with van der Waals surface area (Å²) in [6.07, 6.45) is -34.3. The third-order valence-corrected chi connectivity index (χ3v) is 20.0. The van der Waals surface area contributed by atoms with Gasteiger partial charge in [-0.3, -0.25) is 14.4 Å². The second kappa shape index (κ2) is 59.5. The molecule has 676 valence electrons. The van der Waals surface area contributed by atoms with Gasteiger partial charge < -0.3 is 155 Å². The minimum Gasteiger partial charge on any atom is -0.479 e. The molecule has 20 N–H and O–H groups in total. The summed E-state index contributed by atoms with van der Waals surface area (Å²) < 4.78 is 61.2. The zero-order valence-electron chi connectivity index (χ0n) is 68.5. The highest BCUT2D eigenvalue weighted by molar-refractivity contribution is 5.94. The lowest BCUT2D eigenvalue weighted by Gasteiger charge is -2.48. The van der Waals surface area contributed by atoms with Crippen molar-refractivity contribution in [3.8, 4) is 130 Å². The Hall–Kier alpha value is -8.37. The summed E-state index contributed by atoms with van der Waals surface area (Å²) in [6.45, 7) is 0.829. The molecule has 36 heteroatoms. The smallest absolute Gasteiger partial charge is 0.335 e. The molecule has 0 bridgehead atoms. The molecule has 0 aromatic heterocycles. The van der Waals surface area contributed by atoms with Gasteiger partial charge in [-0.05, 0) is 134 Å². The summed E-state index contributed by atoms with van der Waals surface area (Å²) >= 11 is 0. The number of carbonyl (C=O) groups excluding carboxylic acids is 3. The van der Waals surface area contributed by atoms with Gasteiger partial charge >= 0.3 is 11.9 Å². The van der Waals surface area contributed by atoms with Crippen molar-refractivity contribution in [2.24, 2.45) is 0 Å². The number of Topliss-reactive ketones (excluding diaryl/α,β-unsaturated/α-hetero) is 1. The van der Waals surface area contributed by atoms with Crippen LogP contribution in [0, 0.1) is 130 Å². The minimum atomic E-state index is -2.33. The molecule has 28 atom stereocenters. The fourth-order valence-electron chi connectivity index (χ4n) is 13.2. The Labute approximate surface area is 715 Å². The maximum absolute atomic E-state index is 13.1. The molecule has 5 rings (SSSR count). The number of ketones is 1. The number of hydrogen-bond donors (Lipinski definition) is 20. The van der Waals surface area contributed by atoms with Gasteiger partial charge in [0.05, 0.1) is 45.2 Å². The number of carbonyl (C=O) groups is 5. The minimum absolute atomic E-state index is 0.0123. The molecule has 5 fully saturated rings. The topological polar surface area (TPSA) is 575 Å². The van der Waals surface area contributed by atoms with Crippen LogP contribution in [0.15, 0.2) is 0 Å². The fraction of sp³-hybridized carbons (Fsp3) is 0.690. The van der Waals surface area contributed by atoms with Crippen LogP contribution < -0.4 is 10.6 Å².